The lowest BCUT2D eigenvalue weighted by atomic mass is 10.1. The van der Waals surface area contributed by atoms with Gasteiger partial charge in [-0.1, -0.05) is 6.07 Å². The van der Waals surface area contributed by atoms with E-state index in [-0.39, 0.29) is 12.4 Å². The van der Waals surface area contributed by atoms with E-state index >= 15 is 0 Å². The summed E-state index contributed by atoms with van der Waals surface area (Å²) < 4.78 is 13.8. The van der Waals surface area contributed by atoms with E-state index in [9.17, 15) is 4.39 Å². The number of hydrogen-bond donors (Lipinski definition) is 1. The molecule has 0 bridgehead atoms. The van der Waals surface area contributed by atoms with Crippen LogP contribution in [0.4, 0.5) is 10.1 Å². The van der Waals surface area contributed by atoms with E-state index in [1.165, 1.54) is 6.07 Å². The van der Waals surface area contributed by atoms with Gasteiger partial charge in [-0.2, -0.15) is 0 Å². The number of halogens is 1. The zero-order chi connectivity index (χ0) is 13.7. The van der Waals surface area contributed by atoms with Crippen LogP contribution in [-0.4, -0.2) is 38.1 Å². The zero-order valence-electron chi connectivity index (χ0n) is 11.8. The quantitative estimate of drug-likeness (QED) is 0.842. The number of hydrogen-bond acceptors (Lipinski definition) is 3. The summed E-state index contributed by atoms with van der Waals surface area (Å²) >= 11 is 0. The monoisotopic (exact) mass is 253 g/mol. The van der Waals surface area contributed by atoms with Gasteiger partial charge in [-0.15, -0.1) is 0 Å². The number of anilines is 1. The first kappa shape index (κ1) is 14.9. The van der Waals surface area contributed by atoms with Gasteiger partial charge in [0.05, 0.1) is 0 Å². The van der Waals surface area contributed by atoms with Gasteiger partial charge in [0.25, 0.3) is 0 Å². The van der Waals surface area contributed by atoms with Crippen LogP contribution in [0.2, 0.25) is 0 Å². The van der Waals surface area contributed by atoms with Crippen LogP contribution in [0.3, 0.4) is 0 Å². The lowest BCUT2D eigenvalue weighted by Crippen LogP contribution is -2.40. The predicted octanol–water partition coefficient (Wildman–Crippen LogP) is 2.06. The van der Waals surface area contributed by atoms with Gasteiger partial charge in [0.2, 0.25) is 0 Å². The van der Waals surface area contributed by atoms with E-state index < -0.39 is 0 Å². The SMILES string of the molecule is CCN(c1cccc(F)c1CN)C(C)CN(C)C. The molecule has 0 aromatic heterocycles. The average Bonchev–Trinajstić information content (AvgIpc) is 2.29. The highest BCUT2D eigenvalue weighted by molar-refractivity contribution is 5.55. The van der Waals surface area contributed by atoms with Crippen LogP contribution in [0.15, 0.2) is 18.2 Å². The van der Waals surface area contributed by atoms with Crippen LogP contribution in [0.25, 0.3) is 0 Å². The molecule has 0 aliphatic carbocycles. The maximum absolute atomic E-state index is 13.8. The Labute approximate surface area is 109 Å². The fraction of sp³-hybridized carbons (Fsp3) is 0.571. The zero-order valence-corrected chi connectivity index (χ0v) is 11.8. The smallest absolute Gasteiger partial charge is 0.129 e. The van der Waals surface area contributed by atoms with Gasteiger partial charge >= 0.3 is 0 Å². The Balaban J connectivity index is 3.05. The minimum atomic E-state index is -0.217. The summed E-state index contributed by atoms with van der Waals surface area (Å²) in [5.41, 5.74) is 7.18. The Kier molecular flexibility index (Phi) is 5.56. The highest BCUT2D eigenvalue weighted by Crippen LogP contribution is 2.24. The number of rotatable bonds is 6. The summed E-state index contributed by atoms with van der Waals surface area (Å²) in [6.45, 7) is 6.22. The largest absolute Gasteiger partial charge is 0.367 e. The van der Waals surface area contributed by atoms with Crippen LogP contribution < -0.4 is 10.6 Å². The molecular weight excluding hydrogens is 229 g/mol. The molecule has 1 aromatic rings. The Morgan fingerprint density at radius 1 is 1.33 bits per heavy atom. The van der Waals surface area contributed by atoms with E-state index in [1.54, 1.807) is 6.07 Å². The average molecular weight is 253 g/mol. The summed E-state index contributed by atoms with van der Waals surface area (Å²) in [5.74, 6) is -0.217. The highest BCUT2D eigenvalue weighted by Gasteiger charge is 2.18. The highest BCUT2D eigenvalue weighted by atomic mass is 19.1. The van der Waals surface area contributed by atoms with Crippen molar-refractivity contribution in [2.75, 3.05) is 32.1 Å². The first-order valence-electron chi connectivity index (χ1n) is 6.40. The Hall–Kier alpha value is -1.13. The number of benzene rings is 1. The molecule has 1 atom stereocenters. The molecule has 1 unspecified atom stereocenters. The molecule has 102 valence electrons. The molecule has 3 nitrogen and oxygen atoms in total. The summed E-state index contributed by atoms with van der Waals surface area (Å²) in [6.07, 6.45) is 0. The molecular formula is C14H24FN3. The fourth-order valence-electron chi connectivity index (χ4n) is 2.36. The van der Waals surface area contributed by atoms with Crippen molar-refractivity contribution in [3.05, 3.63) is 29.6 Å². The van der Waals surface area contributed by atoms with Crippen molar-refractivity contribution in [1.29, 1.82) is 0 Å². The second kappa shape index (κ2) is 6.71. The Morgan fingerprint density at radius 2 is 2.00 bits per heavy atom. The normalized spacial score (nSPS) is 12.8. The summed E-state index contributed by atoms with van der Waals surface area (Å²) in [4.78, 5) is 4.33. The topological polar surface area (TPSA) is 32.5 Å². The van der Waals surface area contributed by atoms with E-state index in [1.807, 2.05) is 20.2 Å². The minimum Gasteiger partial charge on any atom is -0.367 e. The van der Waals surface area contributed by atoms with Crippen molar-refractivity contribution >= 4 is 5.69 Å². The van der Waals surface area contributed by atoms with Crippen molar-refractivity contribution in [3.8, 4) is 0 Å². The van der Waals surface area contributed by atoms with E-state index in [0.29, 0.717) is 11.6 Å². The molecule has 0 spiro atoms. The summed E-state index contributed by atoms with van der Waals surface area (Å²) in [7, 11) is 4.08. The molecule has 0 fully saturated rings. The summed E-state index contributed by atoms with van der Waals surface area (Å²) in [6, 6.07) is 5.48. The molecule has 1 rings (SSSR count). The molecule has 1 aromatic carbocycles. The van der Waals surface area contributed by atoms with Gasteiger partial charge in [0, 0.05) is 36.9 Å². The molecule has 0 radical (unpaired) electrons. The van der Waals surface area contributed by atoms with Crippen molar-refractivity contribution in [1.82, 2.24) is 4.90 Å². The molecule has 0 aliphatic heterocycles. The van der Waals surface area contributed by atoms with Crippen molar-refractivity contribution in [2.45, 2.75) is 26.4 Å². The fourth-order valence-corrected chi connectivity index (χ4v) is 2.36. The Bertz CT molecular complexity index is 379. The predicted molar refractivity (Wildman–Crippen MR) is 75.3 cm³/mol. The van der Waals surface area contributed by atoms with Crippen LogP contribution in [-0.2, 0) is 6.54 Å². The van der Waals surface area contributed by atoms with Gasteiger partial charge in [0.1, 0.15) is 5.82 Å². The van der Waals surface area contributed by atoms with Crippen LogP contribution in [0, 0.1) is 5.82 Å². The van der Waals surface area contributed by atoms with Gasteiger partial charge in [-0.3, -0.25) is 0 Å². The Morgan fingerprint density at radius 3 is 2.50 bits per heavy atom. The second-order valence-corrected chi connectivity index (χ2v) is 4.84. The molecule has 0 saturated carbocycles. The van der Waals surface area contributed by atoms with E-state index in [0.717, 1.165) is 18.8 Å². The standard InChI is InChI=1S/C14H24FN3/c1-5-18(11(2)10-17(3)4)14-8-6-7-13(15)12(14)9-16/h6-8,11H,5,9-10,16H2,1-4H3. The third-order valence-corrected chi connectivity index (χ3v) is 3.11. The lowest BCUT2D eigenvalue weighted by molar-refractivity contribution is 0.372. The van der Waals surface area contributed by atoms with Crippen molar-refractivity contribution in [2.24, 2.45) is 5.73 Å². The molecule has 0 heterocycles. The molecule has 4 heteroatoms. The molecule has 0 aliphatic rings. The maximum atomic E-state index is 13.8. The van der Waals surface area contributed by atoms with E-state index in [4.69, 9.17) is 5.73 Å². The first-order valence-corrected chi connectivity index (χ1v) is 6.40. The lowest BCUT2D eigenvalue weighted by Gasteiger charge is -2.33. The molecule has 0 saturated heterocycles. The molecule has 0 amide bonds. The van der Waals surface area contributed by atoms with E-state index in [2.05, 4.69) is 23.6 Å². The third-order valence-electron chi connectivity index (χ3n) is 3.11. The van der Waals surface area contributed by atoms with Crippen molar-refractivity contribution in [3.63, 3.8) is 0 Å². The van der Waals surface area contributed by atoms with Crippen LogP contribution in [0.1, 0.15) is 19.4 Å². The van der Waals surface area contributed by atoms with Crippen molar-refractivity contribution < 1.29 is 4.39 Å². The van der Waals surface area contributed by atoms with Gasteiger partial charge in [0.15, 0.2) is 0 Å². The number of likely N-dealkylation sites (N-methyl/N-ethyl adjacent to an activating group) is 2. The third kappa shape index (κ3) is 3.43. The minimum absolute atomic E-state index is 0.217. The van der Waals surface area contributed by atoms with Crippen LogP contribution >= 0.6 is 0 Å². The second-order valence-electron chi connectivity index (χ2n) is 4.84. The summed E-state index contributed by atoms with van der Waals surface area (Å²) in [5, 5.41) is 0. The molecule has 2 N–H and O–H groups in total. The van der Waals surface area contributed by atoms with Crippen LogP contribution in [0.5, 0.6) is 0 Å². The van der Waals surface area contributed by atoms with Gasteiger partial charge in [-0.25, -0.2) is 4.39 Å². The maximum Gasteiger partial charge on any atom is 0.129 e. The van der Waals surface area contributed by atoms with Gasteiger partial charge in [-0.05, 0) is 40.1 Å². The van der Waals surface area contributed by atoms with Gasteiger partial charge < -0.3 is 15.5 Å². The number of nitrogens with zero attached hydrogens (tertiary/aromatic N) is 2. The number of nitrogens with two attached hydrogens (primary N) is 1. The molecule has 18 heavy (non-hydrogen) atoms. The first-order chi connectivity index (χ1) is 8.51.